The first-order valence-electron chi connectivity index (χ1n) is 5.71. The second-order valence-corrected chi connectivity index (χ2v) is 3.43. The third kappa shape index (κ3) is 3.39. The molecule has 1 N–H and O–H groups in total. The summed E-state index contributed by atoms with van der Waals surface area (Å²) in [5.74, 6) is 0. The van der Waals surface area contributed by atoms with Gasteiger partial charge in [0.15, 0.2) is 0 Å². The number of para-hydroxylation sites is 2. The standard InChI is InChI=1S/C13H20N2/c1-4-11(5-2)15-13-10-8-7-9-12(13)14-6-3/h7-10,14H,4-6H2,1-3H3. The Morgan fingerprint density at radius 1 is 1.13 bits per heavy atom. The highest BCUT2D eigenvalue weighted by atomic mass is 14.9. The van der Waals surface area contributed by atoms with Crippen LogP contribution >= 0.6 is 0 Å². The van der Waals surface area contributed by atoms with E-state index in [4.69, 9.17) is 0 Å². The molecule has 0 aliphatic heterocycles. The largest absolute Gasteiger partial charge is 0.384 e. The summed E-state index contributed by atoms with van der Waals surface area (Å²) in [5.41, 5.74) is 3.43. The Morgan fingerprint density at radius 3 is 2.40 bits per heavy atom. The van der Waals surface area contributed by atoms with E-state index in [-0.39, 0.29) is 0 Å². The van der Waals surface area contributed by atoms with Crippen molar-refractivity contribution in [3.8, 4) is 0 Å². The molecule has 0 aliphatic carbocycles. The van der Waals surface area contributed by atoms with Crippen molar-refractivity contribution in [2.75, 3.05) is 11.9 Å². The van der Waals surface area contributed by atoms with Crippen LogP contribution < -0.4 is 5.32 Å². The average Bonchev–Trinajstić information content (AvgIpc) is 2.28. The molecule has 1 aromatic rings. The normalized spacial score (nSPS) is 9.80. The van der Waals surface area contributed by atoms with Gasteiger partial charge in [-0.05, 0) is 31.9 Å². The van der Waals surface area contributed by atoms with Crippen LogP contribution in [0.25, 0.3) is 0 Å². The number of anilines is 1. The molecule has 82 valence electrons. The smallest absolute Gasteiger partial charge is 0.0860 e. The van der Waals surface area contributed by atoms with Crippen LogP contribution in [-0.2, 0) is 0 Å². The van der Waals surface area contributed by atoms with Crippen LogP contribution in [0.2, 0.25) is 0 Å². The Labute approximate surface area is 92.4 Å². The number of rotatable bonds is 5. The Kier molecular flexibility index (Phi) is 4.88. The molecule has 15 heavy (non-hydrogen) atoms. The molecule has 1 aromatic carbocycles. The summed E-state index contributed by atoms with van der Waals surface area (Å²) in [7, 11) is 0. The molecule has 0 heterocycles. The van der Waals surface area contributed by atoms with E-state index in [1.54, 1.807) is 0 Å². The van der Waals surface area contributed by atoms with Gasteiger partial charge in [0.1, 0.15) is 0 Å². The number of benzene rings is 1. The monoisotopic (exact) mass is 204 g/mol. The lowest BCUT2D eigenvalue weighted by Gasteiger charge is -2.08. The van der Waals surface area contributed by atoms with Gasteiger partial charge in [0, 0.05) is 12.3 Å². The highest BCUT2D eigenvalue weighted by Crippen LogP contribution is 2.24. The first-order valence-corrected chi connectivity index (χ1v) is 5.71. The molecule has 1 rings (SSSR count). The molecule has 0 atom stereocenters. The quantitative estimate of drug-likeness (QED) is 0.720. The molecule has 0 aromatic heterocycles. The van der Waals surface area contributed by atoms with Crippen molar-refractivity contribution in [3.05, 3.63) is 24.3 Å². The number of nitrogens with zero attached hydrogens (tertiary/aromatic N) is 1. The predicted octanol–water partition coefficient (Wildman–Crippen LogP) is 4.01. The molecular weight excluding hydrogens is 184 g/mol. The zero-order valence-electron chi connectivity index (χ0n) is 9.88. The van der Waals surface area contributed by atoms with Crippen LogP contribution in [0.15, 0.2) is 29.3 Å². The summed E-state index contributed by atoms with van der Waals surface area (Å²) >= 11 is 0. The minimum atomic E-state index is 0.931. The van der Waals surface area contributed by atoms with E-state index in [2.05, 4.69) is 43.2 Å². The van der Waals surface area contributed by atoms with E-state index in [0.717, 1.165) is 30.8 Å². The van der Waals surface area contributed by atoms with Gasteiger partial charge < -0.3 is 5.32 Å². The van der Waals surface area contributed by atoms with Crippen LogP contribution in [-0.4, -0.2) is 12.3 Å². The van der Waals surface area contributed by atoms with Crippen LogP contribution in [0.5, 0.6) is 0 Å². The van der Waals surface area contributed by atoms with E-state index in [0.29, 0.717) is 0 Å². The highest BCUT2D eigenvalue weighted by molar-refractivity contribution is 5.88. The third-order valence-corrected chi connectivity index (χ3v) is 2.37. The van der Waals surface area contributed by atoms with Gasteiger partial charge >= 0.3 is 0 Å². The summed E-state index contributed by atoms with van der Waals surface area (Å²) in [6, 6.07) is 8.20. The first-order chi connectivity index (χ1) is 7.31. The Hall–Kier alpha value is -1.31. The van der Waals surface area contributed by atoms with Gasteiger partial charge in [-0.1, -0.05) is 26.0 Å². The van der Waals surface area contributed by atoms with Gasteiger partial charge in [0.2, 0.25) is 0 Å². The minimum absolute atomic E-state index is 0.931. The molecule has 0 spiro atoms. The van der Waals surface area contributed by atoms with E-state index in [9.17, 15) is 0 Å². The fourth-order valence-corrected chi connectivity index (χ4v) is 1.49. The van der Waals surface area contributed by atoms with Crippen molar-refractivity contribution in [1.29, 1.82) is 0 Å². The molecule has 0 radical (unpaired) electrons. The van der Waals surface area contributed by atoms with E-state index in [1.165, 1.54) is 5.71 Å². The number of hydrogen-bond donors (Lipinski definition) is 1. The molecule has 0 saturated carbocycles. The van der Waals surface area contributed by atoms with Crippen LogP contribution in [0.1, 0.15) is 33.6 Å². The maximum atomic E-state index is 4.67. The van der Waals surface area contributed by atoms with Gasteiger partial charge in [0.25, 0.3) is 0 Å². The summed E-state index contributed by atoms with van der Waals surface area (Å²) in [6.45, 7) is 7.33. The zero-order chi connectivity index (χ0) is 11.1. The number of aliphatic imine (C=N–C) groups is 1. The fourth-order valence-electron chi connectivity index (χ4n) is 1.49. The molecular formula is C13H20N2. The van der Waals surface area contributed by atoms with Crippen molar-refractivity contribution in [2.24, 2.45) is 4.99 Å². The van der Waals surface area contributed by atoms with Crippen molar-refractivity contribution >= 4 is 17.1 Å². The lowest BCUT2D eigenvalue weighted by molar-refractivity contribution is 1.15. The lowest BCUT2D eigenvalue weighted by atomic mass is 10.2. The average molecular weight is 204 g/mol. The highest BCUT2D eigenvalue weighted by Gasteiger charge is 1.99. The van der Waals surface area contributed by atoms with Gasteiger partial charge in [-0.2, -0.15) is 0 Å². The Balaban J connectivity index is 2.96. The van der Waals surface area contributed by atoms with Gasteiger partial charge in [-0.15, -0.1) is 0 Å². The number of hydrogen-bond acceptors (Lipinski definition) is 2. The summed E-state index contributed by atoms with van der Waals surface area (Å²) in [5, 5.41) is 3.32. The van der Waals surface area contributed by atoms with Gasteiger partial charge in [0.05, 0.1) is 11.4 Å². The number of nitrogens with one attached hydrogen (secondary N) is 1. The van der Waals surface area contributed by atoms with Gasteiger partial charge in [-0.3, -0.25) is 4.99 Å². The molecule has 0 bridgehead atoms. The summed E-state index contributed by atoms with van der Waals surface area (Å²) in [4.78, 5) is 4.67. The molecule has 0 saturated heterocycles. The van der Waals surface area contributed by atoms with E-state index in [1.807, 2.05) is 12.1 Å². The fraction of sp³-hybridized carbons (Fsp3) is 0.462. The minimum Gasteiger partial charge on any atom is -0.384 e. The molecule has 2 nitrogen and oxygen atoms in total. The summed E-state index contributed by atoms with van der Waals surface area (Å²) in [6.07, 6.45) is 2.05. The van der Waals surface area contributed by atoms with Crippen LogP contribution in [0.3, 0.4) is 0 Å². The van der Waals surface area contributed by atoms with Crippen molar-refractivity contribution in [3.63, 3.8) is 0 Å². The van der Waals surface area contributed by atoms with Crippen LogP contribution in [0.4, 0.5) is 11.4 Å². The molecule has 0 fully saturated rings. The Bertz CT molecular complexity index is 323. The zero-order valence-corrected chi connectivity index (χ0v) is 9.88. The van der Waals surface area contributed by atoms with Crippen molar-refractivity contribution < 1.29 is 0 Å². The van der Waals surface area contributed by atoms with Crippen molar-refractivity contribution in [2.45, 2.75) is 33.6 Å². The predicted molar refractivity (Wildman–Crippen MR) is 68.3 cm³/mol. The van der Waals surface area contributed by atoms with Gasteiger partial charge in [-0.25, -0.2) is 0 Å². The second kappa shape index (κ2) is 6.23. The second-order valence-electron chi connectivity index (χ2n) is 3.43. The molecule has 0 aliphatic rings. The third-order valence-electron chi connectivity index (χ3n) is 2.37. The maximum absolute atomic E-state index is 4.67. The van der Waals surface area contributed by atoms with E-state index >= 15 is 0 Å². The molecule has 0 amide bonds. The van der Waals surface area contributed by atoms with Crippen molar-refractivity contribution in [1.82, 2.24) is 0 Å². The van der Waals surface area contributed by atoms with E-state index < -0.39 is 0 Å². The SMILES string of the molecule is CCNc1ccccc1N=C(CC)CC. The lowest BCUT2D eigenvalue weighted by Crippen LogP contribution is -1.98. The topological polar surface area (TPSA) is 24.4 Å². The maximum Gasteiger partial charge on any atom is 0.0860 e. The molecule has 2 heteroatoms. The molecule has 0 unspecified atom stereocenters. The first kappa shape index (κ1) is 11.8. The Morgan fingerprint density at radius 2 is 1.80 bits per heavy atom. The summed E-state index contributed by atoms with van der Waals surface area (Å²) < 4.78 is 0. The van der Waals surface area contributed by atoms with Crippen LogP contribution in [0, 0.1) is 0 Å².